The predicted molar refractivity (Wildman–Crippen MR) is 95.6 cm³/mol. The first-order valence-corrected chi connectivity index (χ1v) is 9.17. The molecule has 4 rings (SSSR count). The molecule has 3 heterocycles. The third-order valence-corrected chi connectivity index (χ3v) is 5.52. The largest absolute Gasteiger partial charge is 0.472 e. The lowest BCUT2D eigenvalue weighted by atomic mass is 9.98. The molecule has 24 heavy (non-hydrogen) atoms. The molecule has 1 aliphatic carbocycles. The fraction of sp³-hybridized carbons (Fsp3) is 0.389. The number of pyridine rings is 1. The molecule has 1 aliphatic rings. The van der Waals surface area contributed by atoms with Gasteiger partial charge in [-0.2, -0.15) is 0 Å². The second-order valence-corrected chi connectivity index (χ2v) is 7.08. The van der Waals surface area contributed by atoms with E-state index in [-0.39, 0.29) is 11.7 Å². The first-order valence-electron chi connectivity index (χ1n) is 8.29. The lowest BCUT2D eigenvalue weighted by molar-refractivity contribution is 0.148. The van der Waals surface area contributed by atoms with Gasteiger partial charge in [0.1, 0.15) is 10.8 Å². The van der Waals surface area contributed by atoms with Gasteiger partial charge in [-0.3, -0.25) is 9.78 Å². The molecule has 1 saturated carbocycles. The lowest BCUT2D eigenvalue weighted by Gasteiger charge is -2.22. The minimum Gasteiger partial charge on any atom is -0.472 e. The second kappa shape index (κ2) is 6.36. The number of ether oxygens (including phenoxy) is 1. The standard InChI is InChI=1S/C18H19N3O2S/c1-21-18(22)15-14(12-7-9-19-10-8-12)11-24-16(15)17(20-21)23-13-5-3-2-4-6-13/h7-11,13H,2-6H2,1H3. The summed E-state index contributed by atoms with van der Waals surface area (Å²) >= 11 is 1.53. The molecule has 3 aromatic heterocycles. The van der Waals surface area contributed by atoms with E-state index in [4.69, 9.17) is 4.74 Å². The molecule has 6 heteroatoms. The number of aromatic nitrogens is 3. The lowest BCUT2D eigenvalue weighted by Crippen LogP contribution is -2.24. The van der Waals surface area contributed by atoms with E-state index in [1.165, 1.54) is 35.3 Å². The van der Waals surface area contributed by atoms with E-state index < -0.39 is 0 Å². The SMILES string of the molecule is Cn1nc(OC2CCCCC2)c2scc(-c3ccncc3)c2c1=O. The van der Waals surface area contributed by atoms with Crippen LogP contribution in [0.15, 0.2) is 34.7 Å². The van der Waals surface area contributed by atoms with Gasteiger partial charge in [-0.05, 0) is 43.4 Å². The summed E-state index contributed by atoms with van der Waals surface area (Å²) in [6, 6.07) is 3.84. The van der Waals surface area contributed by atoms with Crippen molar-refractivity contribution in [1.29, 1.82) is 0 Å². The maximum absolute atomic E-state index is 12.7. The van der Waals surface area contributed by atoms with Crippen molar-refractivity contribution in [3.05, 3.63) is 40.3 Å². The van der Waals surface area contributed by atoms with E-state index in [0.717, 1.165) is 28.7 Å². The van der Waals surface area contributed by atoms with Crippen molar-refractivity contribution >= 4 is 21.4 Å². The van der Waals surface area contributed by atoms with Crippen molar-refractivity contribution in [2.75, 3.05) is 0 Å². The molecule has 0 bridgehead atoms. The highest BCUT2D eigenvalue weighted by atomic mass is 32.1. The normalized spacial score (nSPS) is 15.7. The third kappa shape index (κ3) is 2.71. The van der Waals surface area contributed by atoms with Crippen molar-refractivity contribution in [3.63, 3.8) is 0 Å². The fourth-order valence-corrected chi connectivity index (χ4v) is 4.27. The maximum Gasteiger partial charge on any atom is 0.276 e. The number of rotatable bonds is 3. The molecule has 124 valence electrons. The predicted octanol–water partition coefficient (Wildman–Crippen LogP) is 3.77. The Kier molecular flexibility index (Phi) is 4.06. The zero-order valence-electron chi connectivity index (χ0n) is 13.6. The van der Waals surface area contributed by atoms with Crippen molar-refractivity contribution < 1.29 is 4.74 Å². The zero-order valence-corrected chi connectivity index (χ0v) is 14.4. The quantitative estimate of drug-likeness (QED) is 0.728. The van der Waals surface area contributed by atoms with Gasteiger partial charge in [0, 0.05) is 30.4 Å². The van der Waals surface area contributed by atoms with Gasteiger partial charge in [0.05, 0.1) is 5.39 Å². The third-order valence-electron chi connectivity index (χ3n) is 4.56. The topological polar surface area (TPSA) is 57.0 Å². The van der Waals surface area contributed by atoms with Gasteiger partial charge in [0.15, 0.2) is 0 Å². The molecule has 0 aromatic carbocycles. The van der Waals surface area contributed by atoms with Crippen LogP contribution in [0, 0.1) is 0 Å². The molecule has 3 aromatic rings. The summed E-state index contributed by atoms with van der Waals surface area (Å²) < 4.78 is 8.41. The summed E-state index contributed by atoms with van der Waals surface area (Å²) in [7, 11) is 1.68. The van der Waals surface area contributed by atoms with E-state index in [0.29, 0.717) is 11.3 Å². The van der Waals surface area contributed by atoms with Crippen LogP contribution < -0.4 is 10.3 Å². The zero-order chi connectivity index (χ0) is 16.5. The van der Waals surface area contributed by atoms with Gasteiger partial charge in [0.2, 0.25) is 5.88 Å². The molecule has 0 atom stereocenters. The van der Waals surface area contributed by atoms with Crippen LogP contribution in [0.25, 0.3) is 21.2 Å². The molecule has 0 amide bonds. The van der Waals surface area contributed by atoms with E-state index in [1.807, 2.05) is 17.5 Å². The Balaban J connectivity index is 1.83. The highest BCUT2D eigenvalue weighted by Gasteiger charge is 2.21. The fourth-order valence-electron chi connectivity index (χ4n) is 3.28. The Hall–Kier alpha value is -2.21. The van der Waals surface area contributed by atoms with Gasteiger partial charge >= 0.3 is 0 Å². The highest BCUT2D eigenvalue weighted by molar-refractivity contribution is 7.18. The summed E-state index contributed by atoms with van der Waals surface area (Å²) in [6.45, 7) is 0. The molecule has 0 N–H and O–H groups in total. The number of aryl methyl sites for hydroxylation is 1. The van der Waals surface area contributed by atoms with E-state index >= 15 is 0 Å². The van der Waals surface area contributed by atoms with E-state index in [9.17, 15) is 4.79 Å². The van der Waals surface area contributed by atoms with E-state index in [2.05, 4.69) is 10.1 Å². The van der Waals surface area contributed by atoms with Gasteiger partial charge in [-0.15, -0.1) is 16.4 Å². The van der Waals surface area contributed by atoms with Crippen molar-refractivity contribution in [2.45, 2.75) is 38.2 Å². The van der Waals surface area contributed by atoms with Crippen LogP contribution in [-0.2, 0) is 7.05 Å². The van der Waals surface area contributed by atoms with Crippen LogP contribution in [0.5, 0.6) is 5.88 Å². The highest BCUT2D eigenvalue weighted by Crippen LogP contribution is 2.36. The molecule has 0 radical (unpaired) electrons. The first-order chi connectivity index (χ1) is 11.7. The molecular weight excluding hydrogens is 322 g/mol. The number of hydrogen-bond donors (Lipinski definition) is 0. The maximum atomic E-state index is 12.7. The molecule has 0 aliphatic heterocycles. The van der Waals surface area contributed by atoms with Gasteiger partial charge < -0.3 is 4.74 Å². The summed E-state index contributed by atoms with van der Waals surface area (Å²) in [5.74, 6) is 0.587. The molecular formula is C18H19N3O2S. The number of thiophene rings is 1. The summed E-state index contributed by atoms with van der Waals surface area (Å²) in [4.78, 5) is 16.7. The van der Waals surface area contributed by atoms with Crippen LogP contribution >= 0.6 is 11.3 Å². The average molecular weight is 341 g/mol. The van der Waals surface area contributed by atoms with Crippen LogP contribution in [0.4, 0.5) is 0 Å². The minimum absolute atomic E-state index is 0.0888. The molecule has 0 spiro atoms. The van der Waals surface area contributed by atoms with Crippen LogP contribution in [-0.4, -0.2) is 20.9 Å². The Labute approximate surface area is 143 Å². The van der Waals surface area contributed by atoms with E-state index in [1.54, 1.807) is 19.4 Å². The Morgan fingerprint density at radius 1 is 1.21 bits per heavy atom. The van der Waals surface area contributed by atoms with Gasteiger partial charge in [-0.1, -0.05) is 6.42 Å². The first kappa shape index (κ1) is 15.3. The van der Waals surface area contributed by atoms with Crippen LogP contribution in [0.3, 0.4) is 0 Å². The molecule has 1 fully saturated rings. The Morgan fingerprint density at radius 2 is 1.96 bits per heavy atom. The van der Waals surface area contributed by atoms with Crippen LogP contribution in [0.1, 0.15) is 32.1 Å². The molecule has 0 unspecified atom stereocenters. The number of nitrogens with zero attached hydrogens (tertiary/aromatic N) is 3. The van der Waals surface area contributed by atoms with Crippen molar-refractivity contribution in [3.8, 4) is 17.0 Å². The van der Waals surface area contributed by atoms with Crippen molar-refractivity contribution in [2.24, 2.45) is 7.05 Å². The Bertz CT molecular complexity index is 911. The van der Waals surface area contributed by atoms with Crippen LogP contribution in [0.2, 0.25) is 0 Å². The smallest absolute Gasteiger partial charge is 0.276 e. The second-order valence-electron chi connectivity index (χ2n) is 6.20. The minimum atomic E-state index is -0.0888. The van der Waals surface area contributed by atoms with Gasteiger partial charge in [-0.25, -0.2) is 4.68 Å². The molecule has 0 saturated heterocycles. The average Bonchev–Trinajstić information content (AvgIpc) is 3.07. The summed E-state index contributed by atoms with van der Waals surface area (Å²) in [6.07, 6.45) is 9.50. The summed E-state index contributed by atoms with van der Waals surface area (Å²) in [5, 5.41) is 7.08. The monoisotopic (exact) mass is 341 g/mol. The molecule has 5 nitrogen and oxygen atoms in total. The number of fused-ring (bicyclic) bond motifs is 1. The number of hydrogen-bond acceptors (Lipinski definition) is 5. The Morgan fingerprint density at radius 3 is 2.71 bits per heavy atom. The van der Waals surface area contributed by atoms with Gasteiger partial charge in [0.25, 0.3) is 5.56 Å². The van der Waals surface area contributed by atoms with Crippen molar-refractivity contribution in [1.82, 2.24) is 14.8 Å². The summed E-state index contributed by atoms with van der Waals surface area (Å²) in [5.41, 5.74) is 1.83.